The number of rotatable bonds is 4. The number of sulfonamides is 1. The summed E-state index contributed by atoms with van der Waals surface area (Å²) in [5.41, 5.74) is 7.72. The van der Waals surface area contributed by atoms with E-state index in [0.29, 0.717) is 15.6 Å². The number of anilines is 1. The molecular weight excluding hydrogens is 316 g/mol. The van der Waals surface area contributed by atoms with Crippen LogP contribution >= 0.6 is 22.9 Å². The number of nitrogens with two attached hydrogens (primary N) is 1. The molecule has 0 bridgehead atoms. The first kappa shape index (κ1) is 15.3. The van der Waals surface area contributed by atoms with Crippen LogP contribution in [0.1, 0.15) is 16.0 Å². The molecule has 0 aliphatic heterocycles. The van der Waals surface area contributed by atoms with E-state index in [4.69, 9.17) is 17.3 Å². The highest BCUT2D eigenvalue weighted by Gasteiger charge is 2.18. The topological polar surface area (TPSA) is 72.2 Å². The van der Waals surface area contributed by atoms with Crippen molar-refractivity contribution in [2.75, 3.05) is 5.73 Å². The second-order valence-corrected chi connectivity index (χ2v) is 8.03. The molecule has 4 nitrogen and oxygen atoms in total. The number of hydrogen-bond donors (Lipinski definition) is 2. The second-order valence-electron chi connectivity index (χ2n) is 4.49. The van der Waals surface area contributed by atoms with Crippen molar-refractivity contribution < 1.29 is 8.42 Å². The Morgan fingerprint density at radius 2 is 2.00 bits per heavy atom. The van der Waals surface area contributed by atoms with Gasteiger partial charge in [-0.3, -0.25) is 0 Å². The van der Waals surface area contributed by atoms with Gasteiger partial charge >= 0.3 is 0 Å². The van der Waals surface area contributed by atoms with Crippen molar-refractivity contribution in [3.05, 3.63) is 44.6 Å². The first-order chi connectivity index (χ1) is 9.29. The molecule has 0 aliphatic carbocycles. The molecule has 2 rings (SSSR count). The van der Waals surface area contributed by atoms with Crippen LogP contribution in [0.5, 0.6) is 0 Å². The van der Waals surface area contributed by atoms with Crippen LogP contribution in [0.25, 0.3) is 0 Å². The van der Waals surface area contributed by atoms with Crippen molar-refractivity contribution in [2.45, 2.75) is 25.3 Å². The van der Waals surface area contributed by atoms with Gasteiger partial charge in [-0.15, -0.1) is 11.3 Å². The maximum Gasteiger partial charge on any atom is 0.241 e. The maximum atomic E-state index is 12.3. The van der Waals surface area contributed by atoms with Gasteiger partial charge in [0, 0.05) is 17.1 Å². The lowest BCUT2D eigenvalue weighted by Crippen LogP contribution is -2.24. The normalized spacial score (nSPS) is 11.8. The highest BCUT2D eigenvalue weighted by molar-refractivity contribution is 7.89. The van der Waals surface area contributed by atoms with Crippen molar-refractivity contribution in [1.82, 2.24) is 4.72 Å². The maximum absolute atomic E-state index is 12.3. The van der Waals surface area contributed by atoms with Crippen LogP contribution in [-0.2, 0) is 16.6 Å². The number of aryl methyl sites for hydroxylation is 1. The van der Waals surface area contributed by atoms with E-state index in [9.17, 15) is 8.42 Å². The van der Waals surface area contributed by atoms with Gasteiger partial charge in [-0.05, 0) is 49.2 Å². The highest BCUT2D eigenvalue weighted by atomic mass is 35.5. The molecule has 0 radical (unpaired) electrons. The Morgan fingerprint density at radius 3 is 2.60 bits per heavy atom. The Kier molecular flexibility index (Phi) is 4.39. The van der Waals surface area contributed by atoms with Gasteiger partial charge in [0.1, 0.15) is 0 Å². The highest BCUT2D eigenvalue weighted by Crippen LogP contribution is 2.24. The van der Waals surface area contributed by atoms with Gasteiger partial charge in [0.05, 0.1) is 9.23 Å². The molecule has 3 N–H and O–H groups in total. The van der Waals surface area contributed by atoms with Gasteiger partial charge in [-0.2, -0.15) is 0 Å². The average Bonchev–Trinajstić information content (AvgIpc) is 2.77. The minimum Gasteiger partial charge on any atom is -0.399 e. The summed E-state index contributed by atoms with van der Waals surface area (Å²) in [5, 5.41) is 0. The van der Waals surface area contributed by atoms with E-state index in [-0.39, 0.29) is 11.4 Å². The van der Waals surface area contributed by atoms with Crippen molar-refractivity contribution in [3.8, 4) is 0 Å². The number of halogens is 1. The third-order valence-electron chi connectivity index (χ3n) is 3.00. The van der Waals surface area contributed by atoms with Crippen LogP contribution < -0.4 is 10.5 Å². The Morgan fingerprint density at radius 1 is 1.30 bits per heavy atom. The van der Waals surface area contributed by atoms with Crippen molar-refractivity contribution in [1.29, 1.82) is 0 Å². The summed E-state index contributed by atoms with van der Waals surface area (Å²) in [4.78, 5) is 1.08. The lowest BCUT2D eigenvalue weighted by atomic mass is 10.1. The van der Waals surface area contributed by atoms with Crippen molar-refractivity contribution in [3.63, 3.8) is 0 Å². The van der Waals surface area contributed by atoms with E-state index >= 15 is 0 Å². The lowest BCUT2D eigenvalue weighted by Gasteiger charge is -2.11. The summed E-state index contributed by atoms with van der Waals surface area (Å²) in [7, 11) is -3.59. The SMILES string of the molecule is Cc1cc(N)cc(S(=O)(=O)NCc2ccc(Cl)s2)c1C. The largest absolute Gasteiger partial charge is 0.399 e. The summed E-state index contributed by atoms with van der Waals surface area (Å²) < 4.78 is 27.9. The molecule has 1 aromatic carbocycles. The molecule has 7 heteroatoms. The fraction of sp³-hybridized carbons (Fsp3) is 0.231. The Labute approximate surface area is 127 Å². The fourth-order valence-corrected chi connectivity index (χ4v) is 4.30. The number of benzene rings is 1. The van der Waals surface area contributed by atoms with Crippen LogP contribution in [0.4, 0.5) is 5.69 Å². The third kappa shape index (κ3) is 3.32. The summed E-state index contributed by atoms with van der Waals surface area (Å²) >= 11 is 7.17. The van der Waals surface area contributed by atoms with E-state index in [1.165, 1.54) is 17.4 Å². The van der Waals surface area contributed by atoms with E-state index in [1.807, 2.05) is 6.92 Å². The molecule has 0 saturated carbocycles. The molecule has 0 aliphatic rings. The van der Waals surface area contributed by atoms with Gasteiger partial charge < -0.3 is 5.73 Å². The Balaban J connectivity index is 2.27. The van der Waals surface area contributed by atoms with E-state index in [0.717, 1.165) is 10.4 Å². The fourth-order valence-electron chi connectivity index (χ4n) is 1.82. The molecule has 0 atom stereocenters. The van der Waals surface area contributed by atoms with E-state index in [1.54, 1.807) is 25.1 Å². The monoisotopic (exact) mass is 330 g/mol. The number of nitrogens with one attached hydrogen (secondary N) is 1. The zero-order valence-corrected chi connectivity index (χ0v) is 13.5. The van der Waals surface area contributed by atoms with Crippen molar-refractivity contribution >= 4 is 38.6 Å². The number of hydrogen-bond acceptors (Lipinski definition) is 4. The average molecular weight is 331 g/mol. The van der Waals surface area contributed by atoms with Gasteiger partial charge in [-0.1, -0.05) is 11.6 Å². The molecule has 108 valence electrons. The zero-order valence-electron chi connectivity index (χ0n) is 11.1. The van der Waals surface area contributed by atoms with E-state index in [2.05, 4.69) is 4.72 Å². The molecule has 20 heavy (non-hydrogen) atoms. The zero-order chi connectivity index (χ0) is 14.9. The molecule has 0 amide bonds. The summed E-state index contributed by atoms with van der Waals surface area (Å²) in [5.74, 6) is 0. The number of thiophene rings is 1. The smallest absolute Gasteiger partial charge is 0.241 e. The second kappa shape index (κ2) is 5.73. The van der Waals surface area contributed by atoms with Gasteiger partial charge in [0.15, 0.2) is 0 Å². The quantitative estimate of drug-likeness (QED) is 0.846. The Bertz CT molecular complexity index is 739. The number of nitrogen functional groups attached to an aromatic ring is 1. The van der Waals surface area contributed by atoms with Gasteiger partial charge in [0.2, 0.25) is 10.0 Å². The van der Waals surface area contributed by atoms with Crippen molar-refractivity contribution in [2.24, 2.45) is 0 Å². The summed E-state index contributed by atoms with van der Waals surface area (Å²) in [6.45, 7) is 3.82. The molecule has 0 spiro atoms. The Hall–Kier alpha value is -1.08. The van der Waals surface area contributed by atoms with E-state index < -0.39 is 10.0 Å². The van der Waals surface area contributed by atoms with Crippen LogP contribution in [0, 0.1) is 13.8 Å². The molecular formula is C13H15ClN2O2S2. The van der Waals surface area contributed by atoms with Crippen LogP contribution in [-0.4, -0.2) is 8.42 Å². The minimum atomic E-state index is -3.59. The summed E-state index contributed by atoms with van der Waals surface area (Å²) in [6.07, 6.45) is 0. The molecule has 0 saturated heterocycles. The predicted octanol–water partition coefficient (Wildman–Crippen LogP) is 3.08. The predicted molar refractivity (Wildman–Crippen MR) is 83.7 cm³/mol. The third-order valence-corrected chi connectivity index (χ3v) is 5.76. The minimum absolute atomic E-state index is 0.215. The van der Waals surface area contributed by atoms with Gasteiger partial charge in [-0.25, -0.2) is 13.1 Å². The molecule has 1 heterocycles. The van der Waals surface area contributed by atoms with Crippen LogP contribution in [0.2, 0.25) is 4.34 Å². The molecule has 0 fully saturated rings. The first-order valence-corrected chi connectivity index (χ1v) is 8.58. The molecule has 1 aromatic heterocycles. The van der Waals surface area contributed by atoms with Gasteiger partial charge in [0.25, 0.3) is 0 Å². The first-order valence-electron chi connectivity index (χ1n) is 5.90. The van der Waals surface area contributed by atoms with Crippen LogP contribution in [0.3, 0.4) is 0 Å². The molecule has 0 unspecified atom stereocenters. The lowest BCUT2D eigenvalue weighted by molar-refractivity contribution is 0.581. The summed E-state index contributed by atoms with van der Waals surface area (Å²) in [6, 6.07) is 6.78. The standard InChI is InChI=1S/C13H15ClN2O2S2/c1-8-5-10(15)6-12(9(8)2)20(17,18)16-7-11-3-4-13(14)19-11/h3-6,16H,7,15H2,1-2H3. The molecule has 2 aromatic rings. The van der Waals surface area contributed by atoms with Crippen LogP contribution in [0.15, 0.2) is 29.2 Å².